The van der Waals surface area contributed by atoms with E-state index < -0.39 is 5.92 Å². The van der Waals surface area contributed by atoms with Gasteiger partial charge < -0.3 is 9.99 Å². The Hall–Kier alpha value is -4.38. The van der Waals surface area contributed by atoms with Crippen LogP contribution in [0.2, 0.25) is 0 Å². The molecule has 216 valence electrons. The van der Waals surface area contributed by atoms with E-state index in [9.17, 15) is 8.78 Å². The van der Waals surface area contributed by atoms with Crippen molar-refractivity contribution in [3.8, 4) is 11.3 Å². The number of halogens is 2. The summed E-state index contributed by atoms with van der Waals surface area (Å²) in [6.07, 6.45) is 2.47. The highest BCUT2D eigenvalue weighted by Gasteiger charge is 2.39. The van der Waals surface area contributed by atoms with Crippen molar-refractivity contribution in [2.45, 2.75) is 51.5 Å². The van der Waals surface area contributed by atoms with Gasteiger partial charge in [0, 0.05) is 44.1 Å². The summed E-state index contributed by atoms with van der Waals surface area (Å²) in [5.41, 5.74) is 15.1. The molecule has 2 N–H and O–H groups in total. The van der Waals surface area contributed by atoms with Gasteiger partial charge in [-0.2, -0.15) is 0 Å². The summed E-state index contributed by atoms with van der Waals surface area (Å²) >= 11 is 0. The van der Waals surface area contributed by atoms with Crippen LogP contribution in [0.4, 0.5) is 8.78 Å². The summed E-state index contributed by atoms with van der Waals surface area (Å²) in [7, 11) is 3.81. The molecule has 1 atom stereocenters. The molecule has 1 aromatic carbocycles. The standard InChI is InChI=1S/C31H33F2N9/c1-18-27(40(3)38-36-18)22-16-25-26(34-17-22)23-10-11-24(28-19(2)37-39-41(28)4)35-30(23)42(25)29(20-8-6-5-7-9-20)21-12-14-31(32,33)15-13-21/h5-11,16-17,21,29,37,39H,12-15H2,1-4H3. The lowest BCUT2D eigenvalue weighted by atomic mass is 9.79. The lowest BCUT2D eigenvalue weighted by Gasteiger charge is -2.35. The number of benzene rings is 1. The molecule has 1 aliphatic carbocycles. The van der Waals surface area contributed by atoms with Gasteiger partial charge in [-0.25, -0.2) is 18.4 Å². The Bertz CT molecular complexity index is 1810. The zero-order chi connectivity index (χ0) is 29.2. The molecule has 5 aromatic rings. The summed E-state index contributed by atoms with van der Waals surface area (Å²) in [6.45, 7) is 3.93. The van der Waals surface area contributed by atoms with Crippen LogP contribution < -0.4 is 11.0 Å². The summed E-state index contributed by atoms with van der Waals surface area (Å²) in [6, 6.07) is 16.2. The molecule has 9 nitrogen and oxygen atoms in total. The molecule has 5 heterocycles. The first-order chi connectivity index (χ1) is 20.2. The lowest BCUT2D eigenvalue weighted by Crippen LogP contribution is -2.34. The van der Waals surface area contributed by atoms with Crippen LogP contribution in [0.3, 0.4) is 0 Å². The van der Waals surface area contributed by atoms with Crippen molar-refractivity contribution >= 4 is 27.8 Å². The molecule has 4 aromatic heterocycles. The van der Waals surface area contributed by atoms with E-state index in [1.807, 2.05) is 63.4 Å². The molecule has 1 saturated carbocycles. The van der Waals surface area contributed by atoms with Gasteiger partial charge in [0.25, 0.3) is 0 Å². The van der Waals surface area contributed by atoms with E-state index in [0.717, 1.165) is 61.7 Å². The number of aryl methyl sites for hydroxylation is 2. The molecule has 0 bridgehead atoms. The minimum absolute atomic E-state index is 0.00141. The molecule has 1 aliphatic heterocycles. The fourth-order valence-electron chi connectivity index (χ4n) is 6.73. The van der Waals surface area contributed by atoms with E-state index in [1.165, 1.54) is 0 Å². The Morgan fingerprint density at radius 1 is 1.02 bits per heavy atom. The molecule has 7 rings (SSSR count). The van der Waals surface area contributed by atoms with Crippen LogP contribution >= 0.6 is 0 Å². The van der Waals surface area contributed by atoms with Gasteiger partial charge in [-0.05, 0) is 56.4 Å². The third-order valence-electron chi connectivity index (χ3n) is 8.73. The molecular formula is C31H33F2N9. The second-order valence-electron chi connectivity index (χ2n) is 11.5. The Labute approximate surface area is 242 Å². The van der Waals surface area contributed by atoms with E-state index in [4.69, 9.17) is 9.97 Å². The fraction of sp³-hybridized carbons (Fsp3) is 0.355. The zero-order valence-electron chi connectivity index (χ0n) is 24.1. The topological polar surface area (TPSA) is 88.7 Å². The predicted molar refractivity (Wildman–Crippen MR) is 158 cm³/mol. The maximum atomic E-state index is 14.4. The van der Waals surface area contributed by atoms with Gasteiger partial charge in [0.1, 0.15) is 5.65 Å². The van der Waals surface area contributed by atoms with E-state index in [-0.39, 0.29) is 24.8 Å². The second kappa shape index (κ2) is 9.87. The minimum Gasteiger partial charge on any atom is -0.316 e. The van der Waals surface area contributed by atoms with E-state index >= 15 is 0 Å². The van der Waals surface area contributed by atoms with Crippen molar-refractivity contribution in [2.75, 3.05) is 7.05 Å². The van der Waals surface area contributed by atoms with Crippen LogP contribution in [0.5, 0.6) is 0 Å². The Balaban J connectivity index is 1.52. The number of allylic oxidation sites excluding steroid dienone is 1. The summed E-state index contributed by atoms with van der Waals surface area (Å²) in [5, 5.41) is 11.3. The summed E-state index contributed by atoms with van der Waals surface area (Å²) in [5.74, 6) is -2.63. The SMILES string of the molecule is CC1=C(c2ccc3c4ncc(-c5c(C)nnn5C)cc4n(C(c4ccccc4)C4CCC(F)(F)CC4)c3n2)N(C)NN1. The van der Waals surface area contributed by atoms with Gasteiger partial charge in [-0.15, -0.1) is 10.6 Å². The number of rotatable bonds is 5. The van der Waals surface area contributed by atoms with Crippen molar-refractivity contribution in [3.05, 3.63) is 77.4 Å². The first-order valence-electron chi connectivity index (χ1n) is 14.3. The zero-order valence-corrected chi connectivity index (χ0v) is 24.1. The van der Waals surface area contributed by atoms with Crippen LogP contribution in [0, 0.1) is 12.8 Å². The summed E-state index contributed by atoms with van der Waals surface area (Å²) < 4.78 is 32.8. The van der Waals surface area contributed by atoms with Gasteiger partial charge in [0.05, 0.1) is 45.6 Å². The Kier molecular flexibility index (Phi) is 6.23. The van der Waals surface area contributed by atoms with Gasteiger partial charge in [0.15, 0.2) is 0 Å². The van der Waals surface area contributed by atoms with Crippen LogP contribution in [0.25, 0.3) is 39.0 Å². The molecule has 0 saturated heterocycles. The average molecular weight is 570 g/mol. The maximum absolute atomic E-state index is 14.4. The maximum Gasteiger partial charge on any atom is 0.248 e. The normalized spacial score (nSPS) is 18.3. The Morgan fingerprint density at radius 2 is 1.79 bits per heavy atom. The highest BCUT2D eigenvalue weighted by atomic mass is 19.3. The summed E-state index contributed by atoms with van der Waals surface area (Å²) in [4.78, 5) is 10.2. The average Bonchev–Trinajstić information content (AvgIpc) is 3.61. The number of nitrogens with one attached hydrogen (secondary N) is 2. The van der Waals surface area contributed by atoms with E-state index in [1.54, 1.807) is 4.68 Å². The van der Waals surface area contributed by atoms with Gasteiger partial charge in [0.2, 0.25) is 5.92 Å². The van der Waals surface area contributed by atoms with Crippen LogP contribution in [-0.2, 0) is 7.05 Å². The smallest absolute Gasteiger partial charge is 0.248 e. The Morgan fingerprint density at radius 3 is 2.45 bits per heavy atom. The first-order valence-corrected chi connectivity index (χ1v) is 14.3. The minimum atomic E-state index is -2.63. The molecular weight excluding hydrogens is 536 g/mol. The largest absolute Gasteiger partial charge is 0.316 e. The van der Waals surface area contributed by atoms with Crippen molar-refractivity contribution in [1.29, 1.82) is 0 Å². The second-order valence-corrected chi connectivity index (χ2v) is 11.5. The molecule has 11 heteroatoms. The van der Waals surface area contributed by atoms with Crippen LogP contribution in [0.15, 0.2) is 60.4 Å². The number of aromatic nitrogens is 6. The third-order valence-corrected chi connectivity index (χ3v) is 8.73. The van der Waals surface area contributed by atoms with Crippen molar-refractivity contribution in [3.63, 3.8) is 0 Å². The monoisotopic (exact) mass is 569 g/mol. The molecule has 2 aliphatic rings. The van der Waals surface area contributed by atoms with Crippen molar-refractivity contribution in [1.82, 2.24) is 45.5 Å². The van der Waals surface area contributed by atoms with Crippen molar-refractivity contribution in [2.24, 2.45) is 13.0 Å². The number of alkyl halides is 2. The lowest BCUT2D eigenvalue weighted by molar-refractivity contribution is -0.0493. The number of hydrogen-bond acceptors (Lipinski definition) is 7. The quantitative estimate of drug-likeness (QED) is 0.279. The number of fused-ring (bicyclic) bond motifs is 3. The number of hydrogen-bond donors (Lipinski definition) is 2. The van der Waals surface area contributed by atoms with Gasteiger partial charge in [-0.1, -0.05) is 35.5 Å². The first kappa shape index (κ1) is 26.5. The van der Waals surface area contributed by atoms with Crippen LogP contribution in [0.1, 0.15) is 55.6 Å². The molecule has 0 amide bonds. The van der Waals surface area contributed by atoms with E-state index in [0.29, 0.717) is 12.8 Å². The highest BCUT2D eigenvalue weighted by Crippen LogP contribution is 2.46. The van der Waals surface area contributed by atoms with E-state index in [2.05, 4.69) is 50.1 Å². The van der Waals surface area contributed by atoms with Crippen LogP contribution in [-0.4, -0.2) is 47.5 Å². The molecule has 0 radical (unpaired) electrons. The highest BCUT2D eigenvalue weighted by molar-refractivity contribution is 6.05. The van der Waals surface area contributed by atoms with Gasteiger partial charge >= 0.3 is 0 Å². The molecule has 42 heavy (non-hydrogen) atoms. The fourth-order valence-corrected chi connectivity index (χ4v) is 6.73. The number of hydrazine groups is 2. The number of nitrogens with zero attached hydrogens (tertiary/aromatic N) is 7. The predicted octanol–water partition coefficient (Wildman–Crippen LogP) is 5.75. The molecule has 1 unspecified atom stereocenters. The molecule has 1 fully saturated rings. The van der Waals surface area contributed by atoms with Crippen molar-refractivity contribution < 1.29 is 8.78 Å². The van der Waals surface area contributed by atoms with Gasteiger partial charge in [-0.3, -0.25) is 9.99 Å². The third kappa shape index (κ3) is 4.30. The molecule has 0 spiro atoms. The number of pyridine rings is 2.